The molecule has 142 valence electrons. The van der Waals surface area contributed by atoms with E-state index in [-0.39, 0.29) is 30.2 Å². The van der Waals surface area contributed by atoms with E-state index in [1.54, 1.807) is 18.1 Å². The van der Waals surface area contributed by atoms with E-state index < -0.39 is 12.0 Å². The van der Waals surface area contributed by atoms with Crippen LogP contribution < -0.4 is 4.74 Å². The van der Waals surface area contributed by atoms with E-state index in [0.717, 1.165) is 0 Å². The van der Waals surface area contributed by atoms with Gasteiger partial charge in [0.05, 0.1) is 19.9 Å². The Balaban J connectivity index is 2.32. The number of hydrogen-bond acceptors (Lipinski definition) is 4. The molecule has 1 aromatic carbocycles. The lowest BCUT2D eigenvalue weighted by Gasteiger charge is -2.13. The molecule has 0 fully saturated rings. The summed E-state index contributed by atoms with van der Waals surface area (Å²) in [5.74, 6) is 1.20. The highest BCUT2D eigenvalue weighted by molar-refractivity contribution is 6.12. The molecular formula is C20H20F2N2O3. The number of carbonyl (C=O) groups excluding carboxylic acids is 1. The highest BCUT2D eigenvalue weighted by Gasteiger charge is 2.15. The van der Waals surface area contributed by atoms with E-state index in [4.69, 9.17) is 14.9 Å². The maximum Gasteiger partial charge on any atom is 0.179 e. The molecule has 0 saturated carbocycles. The van der Waals surface area contributed by atoms with Crippen LogP contribution in [0.5, 0.6) is 5.75 Å². The largest absolute Gasteiger partial charge is 0.494 e. The third kappa shape index (κ3) is 5.46. The number of methoxy groups -OCH3 is 2. The summed E-state index contributed by atoms with van der Waals surface area (Å²) in [4.78, 5) is 15.1. The van der Waals surface area contributed by atoms with E-state index in [0.29, 0.717) is 23.3 Å². The summed E-state index contributed by atoms with van der Waals surface area (Å²) >= 11 is 0. The summed E-state index contributed by atoms with van der Waals surface area (Å²) in [6, 6.07) is 4.01. The van der Waals surface area contributed by atoms with Gasteiger partial charge < -0.3 is 9.47 Å². The minimum Gasteiger partial charge on any atom is -0.494 e. The predicted octanol–water partition coefficient (Wildman–Crippen LogP) is 3.97. The Hall–Kier alpha value is -3.05. The molecule has 1 aliphatic rings. The molecular weight excluding hydrogens is 354 g/mol. The van der Waals surface area contributed by atoms with Gasteiger partial charge in [0.15, 0.2) is 29.1 Å². The second kappa shape index (κ2) is 9.59. The van der Waals surface area contributed by atoms with E-state index in [2.05, 4.69) is 4.99 Å². The topological polar surface area (TPSA) is 71.7 Å². The zero-order valence-corrected chi connectivity index (χ0v) is 15.1. The number of rotatable bonds is 7. The number of halogens is 2. The minimum atomic E-state index is -1.06. The average molecular weight is 374 g/mol. The number of ether oxygens (including phenoxy) is 2. The number of hydrogen-bond donors (Lipinski definition) is 1. The van der Waals surface area contributed by atoms with Gasteiger partial charge in [-0.1, -0.05) is 12.2 Å². The number of aliphatic imine (C=N–C) groups is 1. The number of nitrogens with one attached hydrogen (secondary N) is 1. The molecule has 0 saturated heterocycles. The maximum absolute atomic E-state index is 13.6. The molecule has 0 aliphatic heterocycles. The monoisotopic (exact) mass is 374 g/mol. The molecule has 1 N–H and O–H groups in total. The molecule has 2 rings (SSSR count). The SMILES string of the molecule is COC(=C=O)CCC(=NC(=N)c1ccc(F)c(OC)c1)C1=CCC(F)C=C1. The van der Waals surface area contributed by atoms with Gasteiger partial charge in [0.2, 0.25) is 0 Å². The molecule has 1 aromatic rings. The Morgan fingerprint density at radius 3 is 2.74 bits per heavy atom. The maximum atomic E-state index is 13.6. The summed E-state index contributed by atoms with van der Waals surface area (Å²) in [7, 11) is 2.71. The van der Waals surface area contributed by atoms with Crippen LogP contribution in [0, 0.1) is 11.2 Å². The highest BCUT2D eigenvalue weighted by Crippen LogP contribution is 2.21. The molecule has 1 aliphatic carbocycles. The summed E-state index contributed by atoms with van der Waals surface area (Å²) in [5, 5.41) is 8.23. The van der Waals surface area contributed by atoms with Gasteiger partial charge in [0, 0.05) is 18.4 Å². The van der Waals surface area contributed by atoms with Crippen molar-refractivity contribution in [1.82, 2.24) is 0 Å². The number of allylic oxidation sites excluding steroid dienone is 5. The van der Waals surface area contributed by atoms with Crippen molar-refractivity contribution in [2.45, 2.75) is 25.4 Å². The van der Waals surface area contributed by atoms with Crippen molar-refractivity contribution in [3.63, 3.8) is 0 Å². The average Bonchev–Trinajstić information content (AvgIpc) is 2.68. The van der Waals surface area contributed by atoms with Crippen molar-refractivity contribution in [2.24, 2.45) is 4.99 Å². The van der Waals surface area contributed by atoms with Crippen LogP contribution in [-0.2, 0) is 9.53 Å². The van der Waals surface area contributed by atoms with E-state index in [1.165, 1.54) is 38.5 Å². The van der Waals surface area contributed by atoms with Crippen molar-refractivity contribution < 1.29 is 23.0 Å². The van der Waals surface area contributed by atoms with Gasteiger partial charge in [0.25, 0.3) is 0 Å². The molecule has 0 amide bonds. The summed E-state index contributed by atoms with van der Waals surface area (Å²) < 4.78 is 36.8. The molecule has 0 aromatic heterocycles. The summed E-state index contributed by atoms with van der Waals surface area (Å²) in [5.41, 5.74) is 1.53. The normalized spacial score (nSPS) is 16.4. The van der Waals surface area contributed by atoms with Crippen molar-refractivity contribution in [1.29, 1.82) is 5.41 Å². The van der Waals surface area contributed by atoms with Crippen LogP contribution in [0.25, 0.3) is 0 Å². The first-order valence-corrected chi connectivity index (χ1v) is 8.29. The summed E-state index contributed by atoms with van der Waals surface area (Å²) in [6.07, 6.45) is 4.41. The van der Waals surface area contributed by atoms with E-state index >= 15 is 0 Å². The molecule has 0 heterocycles. The van der Waals surface area contributed by atoms with Crippen LogP contribution in [0.15, 0.2) is 52.8 Å². The Kier molecular flexibility index (Phi) is 7.20. The highest BCUT2D eigenvalue weighted by atomic mass is 19.1. The van der Waals surface area contributed by atoms with Crippen LogP contribution in [0.2, 0.25) is 0 Å². The van der Waals surface area contributed by atoms with Crippen LogP contribution in [0.4, 0.5) is 8.78 Å². The lowest BCUT2D eigenvalue weighted by atomic mass is 9.98. The van der Waals surface area contributed by atoms with Gasteiger partial charge in [-0.3, -0.25) is 5.41 Å². The molecule has 0 radical (unpaired) electrons. The number of nitrogens with zero attached hydrogens (tertiary/aromatic N) is 1. The third-order valence-electron chi connectivity index (χ3n) is 4.00. The summed E-state index contributed by atoms with van der Waals surface area (Å²) in [6.45, 7) is 0. The van der Waals surface area contributed by atoms with Gasteiger partial charge >= 0.3 is 0 Å². The van der Waals surface area contributed by atoms with Gasteiger partial charge in [-0.2, -0.15) is 0 Å². The Morgan fingerprint density at radius 2 is 2.15 bits per heavy atom. The molecule has 0 spiro atoms. The van der Waals surface area contributed by atoms with Gasteiger partial charge in [0.1, 0.15) is 6.17 Å². The first-order chi connectivity index (χ1) is 13.0. The van der Waals surface area contributed by atoms with Crippen molar-refractivity contribution in [2.75, 3.05) is 14.2 Å². The first-order valence-electron chi connectivity index (χ1n) is 8.29. The van der Waals surface area contributed by atoms with Crippen LogP contribution >= 0.6 is 0 Å². The van der Waals surface area contributed by atoms with Crippen molar-refractivity contribution >= 4 is 17.5 Å². The number of amidine groups is 1. The molecule has 5 nitrogen and oxygen atoms in total. The van der Waals surface area contributed by atoms with Gasteiger partial charge in [-0.15, -0.1) is 0 Å². The fourth-order valence-electron chi connectivity index (χ4n) is 2.51. The zero-order valence-electron chi connectivity index (χ0n) is 15.1. The Labute approximate surface area is 156 Å². The quantitative estimate of drug-likeness (QED) is 0.340. The molecule has 7 heteroatoms. The molecule has 1 atom stereocenters. The molecule has 27 heavy (non-hydrogen) atoms. The Morgan fingerprint density at radius 1 is 1.37 bits per heavy atom. The van der Waals surface area contributed by atoms with E-state index in [1.807, 2.05) is 0 Å². The van der Waals surface area contributed by atoms with Crippen molar-refractivity contribution in [3.05, 3.63) is 59.1 Å². The molecule has 0 bridgehead atoms. The van der Waals surface area contributed by atoms with Crippen LogP contribution in [0.3, 0.4) is 0 Å². The Bertz CT molecular complexity index is 853. The van der Waals surface area contributed by atoms with Crippen molar-refractivity contribution in [3.8, 4) is 5.75 Å². The molecule has 1 unspecified atom stereocenters. The van der Waals surface area contributed by atoms with E-state index in [9.17, 15) is 13.6 Å². The van der Waals surface area contributed by atoms with Gasteiger partial charge in [-0.25, -0.2) is 18.6 Å². The predicted molar refractivity (Wildman–Crippen MR) is 99.4 cm³/mol. The third-order valence-corrected chi connectivity index (χ3v) is 4.00. The number of benzene rings is 1. The van der Waals surface area contributed by atoms with Crippen LogP contribution in [0.1, 0.15) is 24.8 Å². The minimum absolute atomic E-state index is 0.0107. The fourth-order valence-corrected chi connectivity index (χ4v) is 2.51. The second-order valence-corrected chi connectivity index (χ2v) is 5.76. The lowest BCUT2D eigenvalue weighted by Crippen LogP contribution is -2.11. The lowest BCUT2D eigenvalue weighted by molar-refractivity contribution is 0.282. The second-order valence-electron chi connectivity index (χ2n) is 5.76. The zero-order chi connectivity index (χ0) is 19.8. The smallest absolute Gasteiger partial charge is 0.179 e. The first kappa shape index (κ1) is 20.3. The number of alkyl halides is 1. The standard InChI is InChI=1S/C20H20F2N2O3/c1-26-16(12-25)8-10-18(13-3-6-15(21)7-4-13)24-20(23)14-5-9-17(22)19(11-14)27-2/h3-6,9,11,15,23H,7-8,10H2,1-2H3. The van der Waals surface area contributed by atoms with Gasteiger partial charge in [-0.05, 0) is 36.3 Å². The van der Waals surface area contributed by atoms with Crippen LogP contribution in [-0.4, -0.2) is 37.9 Å². The fraction of sp³-hybridized carbons (Fsp3) is 0.300.